The molecule has 2 aromatic rings. The van der Waals surface area contributed by atoms with Gasteiger partial charge in [0.05, 0.1) is 5.52 Å². The van der Waals surface area contributed by atoms with Crippen molar-refractivity contribution in [3.05, 3.63) is 29.5 Å². The second kappa shape index (κ2) is 4.34. The van der Waals surface area contributed by atoms with Crippen LogP contribution in [0.3, 0.4) is 0 Å². The Morgan fingerprint density at radius 2 is 2.11 bits per heavy atom. The van der Waals surface area contributed by atoms with Crippen molar-refractivity contribution in [3.63, 3.8) is 0 Å². The molecule has 1 heterocycles. The predicted octanol–water partition coefficient (Wildman–Crippen LogP) is 1.79. The summed E-state index contributed by atoms with van der Waals surface area (Å²) in [6, 6.07) is 4.88. The average molecular weight is 249 g/mol. The van der Waals surface area contributed by atoms with E-state index in [0.717, 1.165) is 0 Å². The molecule has 0 radical (unpaired) electrons. The standard InChI is InChI=1S/C13H15NO4/c1-3-14-7(2)10(12(16)13(17)18)8-5-4-6-9(15)11(8)14/h4-6,12,15-16H,3H2,1-2H3,(H,17,18). The highest BCUT2D eigenvalue weighted by Gasteiger charge is 2.25. The van der Waals surface area contributed by atoms with Gasteiger partial charge in [0, 0.05) is 23.2 Å². The van der Waals surface area contributed by atoms with Gasteiger partial charge in [-0.25, -0.2) is 4.79 Å². The molecule has 1 unspecified atom stereocenters. The summed E-state index contributed by atoms with van der Waals surface area (Å²) >= 11 is 0. The summed E-state index contributed by atoms with van der Waals surface area (Å²) < 4.78 is 1.80. The Bertz CT molecular complexity index is 615. The number of rotatable bonds is 3. The van der Waals surface area contributed by atoms with Crippen LogP contribution in [0.5, 0.6) is 5.75 Å². The van der Waals surface area contributed by atoms with E-state index in [1.165, 1.54) is 0 Å². The van der Waals surface area contributed by atoms with Crippen LogP contribution in [-0.2, 0) is 11.3 Å². The summed E-state index contributed by atoms with van der Waals surface area (Å²) in [6.07, 6.45) is -1.58. The van der Waals surface area contributed by atoms with Gasteiger partial charge >= 0.3 is 5.97 Å². The number of hydrogen-bond acceptors (Lipinski definition) is 3. The third-order valence-corrected chi connectivity index (χ3v) is 3.19. The zero-order valence-corrected chi connectivity index (χ0v) is 10.2. The molecule has 2 rings (SSSR count). The Balaban J connectivity index is 2.86. The van der Waals surface area contributed by atoms with Gasteiger partial charge in [0.15, 0.2) is 6.10 Å². The number of aliphatic carboxylic acids is 1. The van der Waals surface area contributed by atoms with Gasteiger partial charge in [-0.15, -0.1) is 0 Å². The summed E-state index contributed by atoms with van der Waals surface area (Å²) in [5, 5.41) is 29.2. The number of hydrogen-bond donors (Lipinski definition) is 3. The molecular formula is C13H15NO4. The van der Waals surface area contributed by atoms with Crippen molar-refractivity contribution in [2.45, 2.75) is 26.5 Å². The van der Waals surface area contributed by atoms with E-state index in [9.17, 15) is 15.0 Å². The first-order chi connectivity index (χ1) is 8.49. The zero-order valence-electron chi connectivity index (χ0n) is 10.2. The van der Waals surface area contributed by atoms with E-state index in [-0.39, 0.29) is 5.75 Å². The number of para-hydroxylation sites is 1. The molecule has 0 amide bonds. The number of aliphatic hydroxyl groups is 1. The molecule has 3 N–H and O–H groups in total. The smallest absolute Gasteiger partial charge is 0.337 e. The van der Waals surface area contributed by atoms with Crippen molar-refractivity contribution in [2.75, 3.05) is 0 Å². The number of aliphatic hydroxyl groups excluding tert-OH is 1. The van der Waals surface area contributed by atoms with E-state index < -0.39 is 12.1 Å². The summed E-state index contributed by atoms with van der Waals surface area (Å²) in [5.74, 6) is -1.21. The molecule has 1 atom stereocenters. The molecule has 0 aliphatic carbocycles. The van der Waals surface area contributed by atoms with Crippen molar-refractivity contribution >= 4 is 16.9 Å². The van der Waals surface area contributed by atoms with Crippen LogP contribution in [0.15, 0.2) is 18.2 Å². The van der Waals surface area contributed by atoms with Crippen LogP contribution in [0.2, 0.25) is 0 Å². The largest absolute Gasteiger partial charge is 0.506 e. The summed E-state index contributed by atoms with van der Waals surface area (Å²) in [5.41, 5.74) is 1.56. The molecule has 5 nitrogen and oxygen atoms in total. The maximum Gasteiger partial charge on any atom is 0.337 e. The molecule has 0 aliphatic rings. The lowest BCUT2D eigenvalue weighted by atomic mass is 10.1. The Labute approximate surface area is 104 Å². The normalized spacial score (nSPS) is 12.8. The lowest BCUT2D eigenvalue weighted by Crippen LogP contribution is -2.11. The topological polar surface area (TPSA) is 82.7 Å². The molecule has 1 aromatic carbocycles. The molecule has 0 fully saturated rings. The molecule has 5 heteroatoms. The second-order valence-electron chi connectivity index (χ2n) is 4.16. The van der Waals surface area contributed by atoms with Crippen LogP contribution >= 0.6 is 0 Å². The minimum absolute atomic E-state index is 0.0845. The van der Waals surface area contributed by atoms with Crippen molar-refractivity contribution in [2.24, 2.45) is 0 Å². The Hall–Kier alpha value is -2.01. The molecule has 96 valence electrons. The lowest BCUT2D eigenvalue weighted by Gasteiger charge is -2.07. The molecule has 0 saturated heterocycles. The molecule has 0 aliphatic heterocycles. The van der Waals surface area contributed by atoms with Crippen LogP contribution in [0.25, 0.3) is 10.9 Å². The molecule has 0 spiro atoms. The minimum Gasteiger partial charge on any atom is -0.506 e. The number of carbonyl (C=O) groups is 1. The third kappa shape index (κ3) is 1.64. The molecule has 1 aromatic heterocycles. The number of aromatic nitrogens is 1. The third-order valence-electron chi connectivity index (χ3n) is 3.19. The first kappa shape index (κ1) is 12.4. The molecule has 18 heavy (non-hydrogen) atoms. The fraction of sp³-hybridized carbons (Fsp3) is 0.308. The summed E-state index contributed by atoms with van der Waals surface area (Å²) in [7, 11) is 0. The van der Waals surface area contributed by atoms with Crippen LogP contribution in [0.1, 0.15) is 24.3 Å². The van der Waals surface area contributed by atoms with Crippen LogP contribution in [0.4, 0.5) is 0 Å². The fourth-order valence-electron chi connectivity index (χ4n) is 2.40. The number of benzene rings is 1. The maximum absolute atomic E-state index is 11.0. The van der Waals surface area contributed by atoms with E-state index in [1.807, 2.05) is 6.92 Å². The quantitative estimate of drug-likeness (QED) is 0.774. The van der Waals surface area contributed by atoms with Gasteiger partial charge < -0.3 is 19.9 Å². The number of phenolic OH excluding ortho intramolecular Hbond substituents is 1. The van der Waals surface area contributed by atoms with E-state index in [4.69, 9.17) is 5.11 Å². The van der Waals surface area contributed by atoms with Crippen molar-refractivity contribution in [1.29, 1.82) is 0 Å². The van der Waals surface area contributed by atoms with Crippen LogP contribution < -0.4 is 0 Å². The molecule has 0 saturated carbocycles. The number of aryl methyl sites for hydroxylation is 1. The van der Waals surface area contributed by atoms with Crippen molar-refractivity contribution in [1.82, 2.24) is 4.57 Å². The number of phenols is 1. The number of aromatic hydroxyl groups is 1. The van der Waals surface area contributed by atoms with Gasteiger partial charge in [0.2, 0.25) is 0 Å². The summed E-state index contributed by atoms with van der Waals surface area (Å²) in [4.78, 5) is 11.0. The minimum atomic E-state index is -1.58. The van der Waals surface area contributed by atoms with Gasteiger partial charge in [-0.1, -0.05) is 12.1 Å². The first-order valence-electron chi connectivity index (χ1n) is 5.70. The number of fused-ring (bicyclic) bond motifs is 1. The monoisotopic (exact) mass is 249 g/mol. The SMILES string of the molecule is CCn1c(C)c(C(O)C(=O)O)c2cccc(O)c21. The van der Waals surface area contributed by atoms with Gasteiger partial charge in [-0.05, 0) is 19.9 Å². The van der Waals surface area contributed by atoms with Gasteiger partial charge in [0.1, 0.15) is 5.75 Å². The van der Waals surface area contributed by atoms with Gasteiger partial charge in [0.25, 0.3) is 0 Å². The highest BCUT2D eigenvalue weighted by atomic mass is 16.4. The highest BCUT2D eigenvalue weighted by Crippen LogP contribution is 2.35. The number of nitrogens with zero attached hydrogens (tertiary/aromatic N) is 1. The second-order valence-corrected chi connectivity index (χ2v) is 4.16. The number of carboxylic acid groups (broad SMARTS) is 1. The van der Waals surface area contributed by atoms with Crippen LogP contribution in [-0.4, -0.2) is 25.9 Å². The lowest BCUT2D eigenvalue weighted by molar-refractivity contribution is -0.146. The highest BCUT2D eigenvalue weighted by molar-refractivity contribution is 5.93. The Morgan fingerprint density at radius 1 is 1.44 bits per heavy atom. The summed E-state index contributed by atoms with van der Waals surface area (Å²) in [6.45, 7) is 4.23. The van der Waals surface area contributed by atoms with Crippen LogP contribution in [0, 0.1) is 6.92 Å². The Kier molecular flexibility index (Phi) is 3.00. The van der Waals surface area contributed by atoms with Gasteiger partial charge in [-0.3, -0.25) is 0 Å². The zero-order chi connectivity index (χ0) is 13.4. The van der Waals surface area contributed by atoms with Crippen molar-refractivity contribution < 1.29 is 20.1 Å². The van der Waals surface area contributed by atoms with E-state index in [1.54, 1.807) is 29.7 Å². The van der Waals surface area contributed by atoms with E-state index >= 15 is 0 Å². The first-order valence-corrected chi connectivity index (χ1v) is 5.70. The van der Waals surface area contributed by atoms with Gasteiger partial charge in [-0.2, -0.15) is 0 Å². The Morgan fingerprint density at radius 3 is 2.67 bits per heavy atom. The average Bonchev–Trinajstić information content (AvgIpc) is 2.61. The number of carboxylic acids is 1. The fourth-order valence-corrected chi connectivity index (χ4v) is 2.40. The van der Waals surface area contributed by atoms with E-state index in [0.29, 0.717) is 28.7 Å². The van der Waals surface area contributed by atoms with Crippen molar-refractivity contribution in [3.8, 4) is 5.75 Å². The molecule has 0 bridgehead atoms. The molecular weight excluding hydrogens is 234 g/mol. The maximum atomic E-state index is 11.0. The van der Waals surface area contributed by atoms with E-state index in [2.05, 4.69) is 0 Å². The predicted molar refractivity (Wildman–Crippen MR) is 66.6 cm³/mol.